The van der Waals surface area contributed by atoms with Crippen LogP contribution < -0.4 is 4.90 Å². The van der Waals surface area contributed by atoms with Crippen molar-refractivity contribution in [3.8, 4) is 0 Å². The van der Waals surface area contributed by atoms with E-state index in [2.05, 4.69) is 0 Å². The van der Waals surface area contributed by atoms with Gasteiger partial charge in [0.1, 0.15) is 0 Å². The third kappa shape index (κ3) is 3.48. The molecule has 1 aromatic carbocycles. The lowest BCUT2D eigenvalue weighted by Crippen LogP contribution is -2.47. The Kier molecular flexibility index (Phi) is 5.22. The molecular weight excluding hydrogens is 328 g/mol. The minimum Gasteiger partial charge on any atom is -0.384 e. The number of amides is 1. The first kappa shape index (κ1) is 17.4. The van der Waals surface area contributed by atoms with Gasteiger partial charge in [-0.1, -0.05) is 18.2 Å². The van der Waals surface area contributed by atoms with E-state index in [1.54, 1.807) is 0 Å². The maximum Gasteiger partial charge on any atom is 0.231 e. The van der Waals surface area contributed by atoms with Crippen LogP contribution in [-0.2, 0) is 26.0 Å². The second-order valence-corrected chi connectivity index (χ2v) is 8.46. The summed E-state index contributed by atoms with van der Waals surface area (Å²) < 4.78 is 31.0. The Morgan fingerprint density at radius 2 is 2.08 bits per heavy atom. The monoisotopic (exact) mass is 352 g/mol. The van der Waals surface area contributed by atoms with E-state index in [9.17, 15) is 13.2 Å². The van der Waals surface area contributed by atoms with E-state index in [-0.39, 0.29) is 30.7 Å². The third-order valence-corrected chi connectivity index (χ3v) is 6.63. The Balaban J connectivity index is 1.70. The van der Waals surface area contributed by atoms with E-state index in [1.807, 2.05) is 29.2 Å². The highest BCUT2D eigenvalue weighted by molar-refractivity contribution is 7.89. The van der Waals surface area contributed by atoms with Crippen molar-refractivity contribution in [1.29, 1.82) is 0 Å². The van der Waals surface area contributed by atoms with Gasteiger partial charge in [-0.2, -0.15) is 0 Å². The number of methoxy groups -OCH3 is 1. The summed E-state index contributed by atoms with van der Waals surface area (Å²) >= 11 is 0. The van der Waals surface area contributed by atoms with Gasteiger partial charge in [0.2, 0.25) is 15.9 Å². The van der Waals surface area contributed by atoms with E-state index in [4.69, 9.17) is 4.74 Å². The summed E-state index contributed by atoms with van der Waals surface area (Å²) in [6.07, 6.45) is 2.33. The molecular formula is C17H24N2O4S. The zero-order chi connectivity index (χ0) is 17.2. The maximum absolute atomic E-state index is 12.9. The van der Waals surface area contributed by atoms with E-state index < -0.39 is 10.0 Å². The van der Waals surface area contributed by atoms with Crippen LogP contribution in [-0.4, -0.2) is 57.7 Å². The van der Waals surface area contributed by atoms with Gasteiger partial charge in [-0.25, -0.2) is 12.7 Å². The zero-order valence-electron chi connectivity index (χ0n) is 14.0. The molecule has 24 heavy (non-hydrogen) atoms. The molecule has 6 nitrogen and oxygen atoms in total. The molecule has 3 rings (SSSR count). The van der Waals surface area contributed by atoms with Gasteiger partial charge >= 0.3 is 0 Å². The Morgan fingerprint density at radius 1 is 1.29 bits per heavy atom. The van der Waals surface area contributed by atoms with Crippen LogP contribution in [0.2, 0.25) is 0 Å². The lowest BCUT2D eigenvalue weighted by Gasteiger charge is -2.33. The Bertz CT molecular complexity index is 704. The van der Waals surface area contributed by atoms with Crippen LogP contribution in [0.1, 0.15) is 18.4 Å². The minimum atomic E-state index is -3.36. The number of fused-ring (bicyclic) bond motifs is 1. The number of anilines is 1. The SMILES string of the molecule is COCCS(=O)(=O)N1CCCC(C(=O)N2CCc3ccccc32)C1. The van der Waals surface area contributed by atoms with Crippen molar-refractivity contribution in [3.05, 3.63) is 29.8 Å². The molecule has 0 N–H and O–H groups in total. The van der Waals surface area contributed by atoms with Crippen molar-refractivity contribution in [2.45, 2.75) is 19.3 Å². The molecule has 1 unspecified atom stereocenters. The lowest BCUT2D eigenvalue weighted by molar-refractivity contribution is -0.123. The van der Waals surface area contributed by atoms with Gasteiger partial charge in [0, 0.05) is 32.4 Å². The summed E-state index contributed by atoms with van der Waals surface area (Å²) in [6, 6.07) is 7.94. The van der Waals surface area contributed by atoms with E-state index in [0.717, 1.165) is 24.9 Å². The van der Waals surface area contributed by atoms with Crippen LogP contribution in [0.15, 0.2) is 24.3 Å². The predicted octanol–water partition coefficient (Wildman–Crippen LogP) is 1.26. The number of hydrogen-bond donors (Lipinski definition) is 0. The molecule has 7 heteroatoms. The standard InChI is InChI=1S/C17H24N2O4S/c1-23-11-12-24(21,22)18-9-4-6-15(13-18)17(20)19-10-8-14-5-2-3-7-16(14)19/h2-3,5,7,15H,4,6,8-13H2,1H3. The van der Waals surface area contributed by atoms with Crippen molar-refractivity contribution in [2.75, 3.05) is 44.0 Å². The van der Waals surface area contributed by atoms with Crippen molar-refractivity contribution < 1.29 is 17.9 Å². The fourth-order valence-corrected chi connectivity index (χ4v) is 4.95. The van der Waals surface area contributed by atoms with Crippen LogP contribution in [0, 0.1) is 5.92 Å². The molecule has 0 aromatic heterocycles. The zero-order valence-corrected chi connectivity index (χ0v) is 14.8. The van der Waals surface area contributed by atoms with E-state index in [0.29, 0.717) is 13.1 Å². The van der Waals surface area contributed by atoms with E-state index >= 15 is 0 Å². The van der Waals surface area contributed by atoms with Gasteiger partial charge in [-0.3, -0.25) is 4.79 Å². The van der Waals surface area contributed by atoms with E-state index in [1.165, 1.54) is 17.0 Å². The summed E-state index contributed by atoms with van der Waals surface area (Å²) in [5.74, 6) is -0.245. The molecule has 0 aliphatic carbocycles. The first-order valence-electron chi connectivity index (χ1n) is 8.39. The van der Waals surface area contributed by atoms with Gasteiger partial charge < -0.3 is 9.64 Å². The number of ether oxygens (including phenoxy) is 1. The number of para-hydroxylation sites is 1. The number of hydrogen-bond acceptors (Lipinski definition) is 4. The van der Waals surface area contributed by atoms with Crippen LogP contribution in [0.4, 0.5) is 5.69 Å². The van der Waals surface area contributed by atoms with Gasteiger partial charge in [0.25, 0.3) is 0 Å². The molecule has 0 saturated carbocycles. The average molecular weight is 352 g/mol. The fraction of sp³-hybridized carbons (Fsp3) is 0.588. The van der Waals surface area contributed by atoms with Crippen LogP contribution >= 0.6 is 0 Å². The van der Waals surface area contributed by atoms with Crippen LogP contribution in [0.5, 0.6) is 0 Å². The predicted molar refractivity (Wildman–Crippen MR) is 92.5 cm³/mol. The molecule has 2 heterocycles. The first-order valence-corrected chi connectivity index (χ1v) is 10.00. The number of benzene rings is 1. The molecule has 0 radical (unpaired) electrons. The minimum absolute atomic E-state index is 0.0308. The third-order valence-electron chi connectivity index (χ3n) is 4.83. The van der Waals surface area contributed by atoms with Crippen molar-refractivity contribution >= 4 is 21.6 Å². The van der Waals surface area contributed by atoms with Crippen molar-refractivity contribution in [2.24, 2.45) is 5.92 Å². The second kappa shape index (κ2) is 7.21. The van der Waals surface area contributed by atoms with Gasteiger partial charge in [-0.15, -0.1) is 0 Å². The topological polar surface area (TPSA) is 66.9 Å². The summed E-state index contributed by atoms with van der Waals surface area (Å²) in [5.41, 5.74) is 2.16. The summed E-state index contributed by atoms with van der Waals surface area (Å²) in [7, 11) is -1.87. The smallest absolute Gasteiger partial charge is 0.231 e. The quantitative estimate of drug-likeness (QED) is 0.800. The highest BCUT2D eigenvalue weighted by Gasteiger charge is 2.36. The summed E-state index contributed by atoms with van der Waals surface area (Å²) in [5, 5.41) is 0. The molecule has 1 amide bonds. The Labute approximate surface area is 143 Å². The van der Waals surface area contributed by atoms with Crippen molar-refractivity contribution in [1.82, 2.24) is 4.31 Å². The highest BCUT2D eigenvalue weighted by Crippen LogP contribution is 2.31. The molecule has 2 aliphatic rings. The summed E-state index contributed by atoms with van der Waals surface area (Å²) in [6.45, 7) is 1.64. The molecule has 2 aliphatic heterocycles. The normalized spacial score (nSPS) is 21.7. The first-order chi connectivity index (χ1) is 11.5. The highest BCUT2D eigenvalue weighted by atomic mass is 32.2. The largest absolute Gasteiger partial charge is 0.384 e. The molecule has 1 atom stereocenters. The van der Waals surface area contributed by atoms with Gasteiger partial charge in [-0.05, 0) is 30.9 Å². The Hall–Kier alpha value is -1.44. The molecule has 1 saturated heterocycles. The fourth-order valence-electron chi connectivity index (χ4n) is 3.50. The average Bonchev–Trinajstić information content (AvgIpc) is 3.03. The second-order valence-electron chi connectivity index (χ2n) is 6.37. The number of sulfonamides is 1. The Morgan fingerprint density at radius 3 is 2.88 bits per heavy atom. The molecule has 0 bridgehead atoms. The van der Waals surface area contributed by atoms with Crippen LogP contribution in [0.3, 0.4) is 0 Å². The van der Waals surface area contributed by atoms with Gasteiger partial charge in [0.15, 0.2) is 0 Å². The van der Waals surface area contributed by atoms with Gasteiger partial charge in [0.05, 0.1) is 18.3 Å². The number of carbonyl (C=O) groups is 1. The molecule has 132 valence electrons. The number of rotatable bonds is 5. The number of carbonyl (C=O) groups excluding carboxylic acids is 1. The lowest BCUT2D eigenvalue weighted by atomic mass is 9.98. The van der Waals surface area contributed by atoms with Crippen LogP contribution in [0.25, 0.3) is 0 Å². The summed E-state index contributed by atoms with van der Waals surface area (Å²) in [4.78, 5) is 14.8. The molecule has 1 aromatic rings. The number of piperidine rings is 1. The number of nitrogens with zero attached hydrogens (tertiary/aromatic N) is 2. The molecule has 0 spiro atoms. The van der Waals surface area contributed by atoms with Crippen molar-refractivity contribution in [3.63, 3.8) is 0 Å². The maximum atomic E-state index is 12.9. The molecule has 1 fully saturated rings.